The van der Waals surface area contributed by atoms with Gasteiger partial charge in [0.15, 0.2) is 0 Å². The van der Waals surface area contributed by atoms with E-state index >= 15 is 0 Å². The highest BCUT2D eigenvalue weighted by molar-refractivity contribution is 7.92. The summed E-state index contributed by atoms with van der Waals surface area (Å²) in [5, 5.41) is 3.47. The minimum atomic E-state index is -4.20. The fourth-order valence-electron chi connectivity index (χ4n) is 4.94. The molecule has 2 atom stereocenters. The van der Waals surface area contributed by atoms with Crippen LogP contribution < -0.4 is 14.4 Å². The Balaban J connectivity index is 1.81. The van der Waals surface area contributed by atoms with Gasteiger partial charge in [-0.3, -0.25) is 13.9 Å². The van der Waals surface area contributed by atoms with Gasteiger partial charge < -0.3 is 15.0 Å². The van der Waals surface area contributed by atoms with Gasteiger partial charge in [0.05, 0.1) is 17.7 Å². The third-order valence-corrected chi connectivity index (χ3v) is 9.80. The smallest absolute Gasteiger partial charge is 0.264 e. The third-order valence-electron chi connectivity index (χ3n) is 7.76. The first-order chi connectivity index (χ1) is 22.0. The van der Waals surface area contributed by atoms with Crippen LogP contribution in [-0.2, 0) is 32.6 Å². The Morgan fingerprint density at radius 3 is 2.17 bits per heavy atom. The Bertz CT molecular complexity index is 1720. The van der Waals surface area contributed by atoms with Crippen molar-refractivity contribution in [3.63, 3.8) is 0 Å². The molecule has 4 aromatic carbocycles. The maximum Gasteiger partial charge on any atom is 0.264 e. The molecule has 4 aromatic rings. The minimum Gasteiger partial charge on any atom is -0.497 e. The number of carbonyl (C=O) groups excluding carboxylic acids is 2. The fourth-order valence-corrected chi connectivity index (χ4v) is 6.48. The first-order valence-electron chi connectivity index (χ1n) is 15.1. The van der Waals surface area contributed by atoms with E-state index in [4.69, 9.17) is 16.3 Å². The third kappa shape index (κ3) is 8.89. The van der Waals surface area contributed by atoms with E-state index in [-0.39, 0.29) is 35.5 Å². The van der Waals surface area contributed by atoms with Gasteiger partial charge in [0.25, 0.3) is 10.0 Å². The summed E-state index contributed by atoms with van der Waals surface area (Å²) in [5.74, 6) is -0.277. The number of aryl methyl sites for hydroxylation is 1. The van der Waals surface area contributed by atoms with Gasteiger partial charge >= 0.3 is 0 Å². The van der Waals surface area contributed by atoms with Crippen molar-refractivity contribution in [1.82, 2.24) is 10.2 Å². The monoisotopic (exact) mass is 661 g/mol. The molecule has 0 bridgehead atoms. The number of benzene rings is 4. The molecule has 0 spiro atoms. The molecule has 0 radical (unpaired) electrons. The summed E-state index contributed by atoms with van der Waals surface area (Å²) in [6.45, 7) is 5.23. The molecule has 1 N–H and O–H groups in total. The van der Waals surface area contributed by atoms with Crippen molar-refractivity contribution >= 4 is 39.1 Å². The quantitative estimate of drug-likeness (QED) is 0.169. The van der Waals surface area contributed by atoms with Crippen LogP contribution in [0.25, 0.3) is 0 Å². The number of methoxy groups -OCH3 is 1. The van der Waals surface area contributed by atoms with Crippen LogP contribution in [0.15, 0.2) is 108 Å². The molecule has 0 heterocycles. The zero-order chi connectivity index (χ0) is 33.3. The van der Waals surface area contributed by atoms with E-state index < -0.39 is 28.5 Å². The van der Waals surface area contributed by atoms with Crippen LogP contribution in [0.2, 0.25) is 5.02 Å². The Hall–Kier alpha value is -4.34. The van der Waals surface area contributed by atoms with E-state index in [0.717, 1.165) is 21.0 Å². The molecule has 4 rings (SSSR count). The average Bonchev–Trinajstić information content (AvgIpc) is 3.06. The van der Waals surface area contributed by atoms with Crippen molar-refractivity contribution < 1.29 is 22.7 Å². The Morgan fingerprint density at radius 1 is 0.891 bits per heavy atom. The summed E-state index contributed by atoms with van der Waals surface area (Å²) >= 11 is 6.15. The summed E-state index contributed by atoms with van der Waals surface area (Å²) in [5.41, 5.74) is 2.75. The van der Waals surface area contributed by atoms with Gasteiger partial charge in [-0.1, -0.05) is 78.7 Å². The Labute approximate surface area is 277 Å². The molecule has 46 heavy (non-hydrogen) atoms. The van der Waals surface area contributed by atoms with Crippen molar-refractivity contribution in [2.75, 3.05) is 18.0 Å². The number of ether oxygens (including phenoxy) is 1. The standard InChI is InChI=1S/C36H40ClN3O5S/c1-5-27(3)38-36(42)34(23-28-10-7-6-8-11-28)39(24-29-12-9-13-32(22-29)45-4)35(41)25-40(31-18-16-30(37)17-19-31)46(43,44)33-20-14-26(2)15-21-33/h6-22,27,34H,5,23-25H2,1-4H3,(H,38,42). The molecular weight excluding hydrogens is 622 g/mol. The number of nitrogens with zero attached hydrogens (tertiary/aromatic N) is 2. The summed E-state index contributed by atoms with van der Waals surface area (Å²) in [6, 6.07) is 28.3. The zero-order valence-electron chi connectivity index (χ0n) is 26.5. The highest BCUT2D eigenvalue weighted by Crippen LogP contribution is 2.27. The van der Waals surface area contributed by atoms with Crippen LogP contribution >= 0.6 is 11.6 Å². The van der Waals surface area contributed by atoms with Crippen LogP contribution in [-0.4, -0.2) is 50.9 Å². The summed E-state index contributed by atoms with van der Waals surface area (Å²) < 4.78 is 34.8. The molecule has 0 aliphatic rings. The van der Waals surface area contributed by atoms with Gasteiger partial charge in [-0.25, -0.2) is 8.42 Å². The van der Waals surface area contributed by atoms with E-state index in [1.54, 1.807) is 55.6 Å². The molecule has 0 saturated heterocycles. The lowest BCUT2D eigenvalue weighted by atomic mass is 10.0. The second kappa shape index (κ2) is 15.8. The molecule has 2 unspecified atom stereocenters. The molecule has 0 aliphatic carbocycles. The van der Waals surface area contributed by atoms with E-state index in [1.807, 2.05) is 63.2 Å². The summed E-state index contributed by atoms with van der Waals surface area (Å²) in [4.78, 5) is 30.0. The SMILES string of the molecule is CCC(C)NC(=O)C(Cc1ccccc1)N(Cc1cccc(OC)c1)C(=O)CN(c1ccc(Cl)cc1)S(=O)(=O)c1ccc(C)cc1. The predicted octanol–water partition coefficient (Wildman–Crippen LogP) is 6.41. The number of anilines is 1. The first-order valence-corrected chi connectivity index (χ1v) is 16.9. The summed E-state index contributed by atoms with van der Waals surface area (Å²) in [6.07, 6.45) is 0.928. The lowest BCUT2D eigenvalue weighted by Gasteiger charge is -2.34. The van der Waals surface area contributed by atoms with Crippen molar-refractivity contribution in [2.24, 2.45) is 0 Å². The molecule has 0 saturated carbocycles. The zero-order valence-corrected chi connectivity index (χ0v) is 28.1. The normalized spacial score (nSPS) is 12.5. The largest absolute Gasteiger partial charge is 0.497 e. The molecule has 8 nitrogen and oxygen atoms in total. The van der Waals surface area contributed by atoms with Gasteiger partial charge in [-0.2, -0.15) is 0 Å². The van der Waals surface area contributed by atoms with Crippen molar-refractivity contribution in [3.05, 3.63) is 125 Å². The van der Waals surface area contributed by atoms with Gasteiger partial charge in [-0.15, -0.1) is 0 Å². The number of sulfonamides is 1. The fraction of sp³-hybridized carbons (Fsp3) is 0.278. The first kappa shape index (κ1) is 34.5. The van der Waals surface area contributed by atoms with Crippen LogP contribution in [0, 0.1) is 6.92 Å². The average molecular weight is 662 g/mol. The molecule has 2 amide bonds. The second-order valence-electron chi connectivity index (χ2n) is 11.2. The number of amides is 2. The van der Waals surface area contributed by atoms with E-state index in [2.05, 4.69) is 5.32 Å². The maximum atomic E-state index is 14.6. The number of rotatable bonds is 14. The van der Waals surface area contributed by atoms with Crippen molar-refractivity contribution in [3.8, 4) is 5.75 Å². The minimum absolute atomic E-state index is 0.0375. The lowest BCUT2D eigenvalue weighted by Crippen LogP contribution is -2.54. The number of halogens is 1. The molecule has 0 fully saturated rings. The van der Waals surface area contributed by atoms with Gasteiger partial charge in [-0.05, 0) is 79.9 Å². The van der Waals surface area contributed by atoms with E-state index in [0.29, 0.717) is 17.2 Å². The highest BCUT2D eigenvalue weighted by atomic mass is 35.5. The van der Waals surface area contributed by atoms with Gasteiger partial charge in [0, 0.05) is 24.0 Å². The second-order valence-corrected chi connectivity index (χ2v) is 13.5. The van der Waals surface area contributed by atoms with Crippen LogP contribution in [0.4, 0.5) is 5.69 Å². The van der Waals surface area contributed by atoms with Crippen molar-refractivity contribution in [2.45, 2.75) is 57.1 Å². The maximum absolute atomic E-state index is 14.6. The number of hydrogen-bond acceptors (Lipinski definition) is 5. The van der Waals surface area contributed by atoms with Crippen LogP contribution in [0.3, 0.4) is 0 Å². The van der Waals surface area contributed by atoms with Crippen molar-refractivity contribution in [1.29, 1.82) is 0 Å². The van der Waals surface area contributed by atoms with Gasteiger partial charge in [0.1, 0.15) is 18.3 Å². The number of nitrogens with one attached hydrogen (secondary N) is 1. The van der Waals surface area contributed by atoms with Gasteiger partial charge in [0.2, 0.25) is 11.8 Å². The van der Waals surface area contributed by atoms with E-state index in [9.17, 15) is 18.0 Å². The topological polar surface area (TPSA) is 96.0 Å². The Kier molecular flexibility index (Phi) is 11.8. The highest BCUT2D eigenvalue weighted by Gasteiger charge is 2.35. The van der Waals surface area contributed by atoms with Crippen LogP contribution in [0.1, 0.15) is 37.0 Å². The predicted molar refractivity (Wildman–Crippen MR) is 183 cm³/mol. The lowest BCUT2D eigenvalue weighted by molar-refractivity contribution is -0.140. The molecule has 242 valence electrons. The molecule has 10 heteroatoms. The molecule has 0 aromatic heterocycles. The number of hydrogen-bond donors (Lipinski definition) is 1. The molecule has 0 aliphatic heterocycles. The molecular formula is C36H40ClN3O5S. The van der Waals surface area contributed by atoms with Crippen LogP contribution in [0.5, 0.6) is 5.75 Å². The Morgan fingerprint density at radius 2 is 1.54 bits per heavy atom. The number of carbonyl (C=O) groups is 2. The summed E-state index contributed by atoms with van der Waals surface area (Å²) in [7, 11) is -2.65. The van der Waals surface area contributed by atoms with E-state index in [1.165, 1.54) is 17.0 Å².